The van der Waals surface area contributed by atoms with Crippen molar-refractivity contribution in [3.05, 3.63) is 36.0 Å². The molecule has 0 fully saturated rings. The smallest absolute Gasteiger partial charge is 0.179 e. The van der Waals surface area contributed by atoms with Crippen LogP contribution in [0, 0.1) is 12.7 Å². The van der Waals surface area contributed by atoms with Crippen LogP contribution in [0.3, 0.4) is 0 Å². The van der Waals surface area contributed by atoms with Crippen molar-refractivity contribution in [1.29, 1.82) is 0 Å². The third-order valence-corrected chi connectivity index (χ3v) is 2.35. The van der Waals surface area contributed by atoms with Crippen LogP contribution < -0.4 is 0 Å². The number of hydrogen-bond donors (Lipinski definition) is 0. The summed E-state index contributed by atoms with van der Waals surface area (Å²) in [7, 11) is 0. The van der Waals surface area contributed by atoms with Crippen LogP contribution in [0.2, 0.25) is 0 Å². The lowest BCUT2D eigenvalue weighted by Crippen LogP contribution is -1.93. The molecule has 0 aliphatic rings. The molecule has 3 rings (SSSR count). The Kier molecular flexibility index (Phi) is 1.50. The Bertz CT molecular complexity index is 659. The van der Waals surface area contributed by atoms with Gasteiger partial charge in [-0.3, -0.25) is 9.38 Å². The summed E-state index contributed by atoms with van der Waals surface area (Å²) >= 11 is 0. The minimum absolute atomic E-state index is 0.287. The molecule has 4 nitrogen and oxygen atoms in total. The fourth-order valence-electron chi connectivity index (χ4n) is 1.67. The number of aromatic nitrogens is 4. The van der Waals surface area contributed by atoms with Gasteiger partial charge in [-0.1, -0.05) is 0 Å². The van der Waals surface area contributed by atoms with Gasteiger partial charge in [0.1, 0.15) is 11.6 Å². The molecule has 0 bridgehead atoms. The van der Waals surface area contributed by atoms with E-state index in [1.54, 1.807) is 16.7 Å². The second-order valence-corrected chi connectivity index (χ2v) is 3.33. The summed E-state index contributed by atoms with van der Waals surface area (Å²) in [6.45, 7) is 1.82. The van der Waals surface area contributed by atoms with E-state index in [1.807, 2.05) is 6.92 Å². The minimum atomic E-state index is -0.287. The maximum Gasteiger partial charge on any atom is 0.179 e. The van der Waals surface area contributed by atoms with Crippen LogP contribution in [0.5, 0.6) is 0 Å². The van der Waals surface area contributed by atoms with Crippen LogP contribution in [0.25, 0.3) is 16.7 Å². The molecule has 2 heterocycles. The Morgan fingerprint density at radius 3 is 3.00 bits per heavy atom. The Labute approximate surface area is 84.4 Å². The molecule has 0 N–H and O–H groups in total. The summed E-state index contributed by atoms with van der Waals surface area (Å²) in [6, 6.07) is 4.47. The second kappa shape index (κ2) is 2.73. The van der Waals surface area contributed by atoms with Gasteiger partial charge in [0.25, 0.3) is 0 Å². The molecule has 0 unspecified atom stereocenters. The van der Waals surface area contributed by atoms with Gasteiger partial charge in [-0.05, 0) is 19.1 Å². The number of fused-ring (bicyclic) bond motifs is 3. The predicted octanol–water partition coefficient (Wildman–Crippen LogP) is 1.73. The van der Waals surface area contributed by atoms with Gasteiger partial charge in [0.2, 0.25) is 0 Å². The van der Waals surface area contributed by atoms with Crippen molar-refractivity contribution < 1.29 is 4.39 Å². The molecule has 74 valence electrons. The van der Waals surface area contributed by atoms with Crippen LogP contribution in [-0.2, 0) is 0 Å². The van der Waals surface area contributed by atoms with Crippen molar-refractivity contribution in [1.82, 2.24) is 19.6 Å². The van der Waals surface area contributed by atoms with Gasteiger partial charge in [-0.25, -0.2) is 4.39 Å². The normalized spacial score (nSPS) is 11.3. The van der Waals surface area contributed by atoms with E-state index in [1.165, 1.54) is 12.1 Å². The zero-order valence-corrected chi connectivity index (χ0v) is 7.98. The summed E-state index contributed by atoms with van der Waals surface area (Å²) in [5, 5.41) is 7.85. The maximum atomic E-state index is 13.1. The monoisotopic (exact) mass is 202 g/mol. The van der Waals surface area contributed by atoms with Crippen molar-refractivity contribution in [2.24, 2.45) is 0 Å². The Morgan fingerprint density at radius 2 is 2.13 bits per heavy atom. The van der Waals surface area contributed by atoms with E-state index in [-0.39, 0.29) is 5.82 Å². The van der Waals surface area contributed by atoms with Crippen LogP contribution in [0.15, 0.2) is 24.4 Å². The average Bonchev–Trinajstić information content (AvgIpc) is 2.60. The SMILES string of the molecule is Cc1nnc2cnc3ccc(F)cc3n12. The minimum Gasteiger partial charge on any atom is -0.276 e. The van der Waals surface area contributed by atoms with Crippen LogP contribution in [-0.4, -0.2) is 19.6 Å². The first-order valence-electron chi connectivity index (χ1n) is 4.52. The summed E-state index contributed by atoms with van der Waals surface area (Å²) in [6.07, 6.45) is 1.63. The van der Waals surface area contributed by atoms with Crippen molar-refractivity contribution in [2.45, 2.75) is 6.92 Å². The molecule has 1 aromatic carbocycles. The number of halogens is 1. The molecule has 0 radical (unpaired) electrons. The quantitative estimate of drug-likeness (QED) is 0.557. The molecule has 0 aliphatic carbocycles. The highest BCUT2D eigenvalue weighted by molar-refractivity contribution is 5.77. The van der Waals surface area contributed by atoms with E-state index in [2.05, 4.69) is 15.2 Å². The summed E-state index contributed by atoms with van der Waals surface area (Å²) in [5.41, 5.74) is 2.05. The Morgan fingerprint density at radius 1 is 1.27 bits per heavy atom. The number of rotatable bonds is 0. The number of hydrogen-bond acceptors (Lipinski definition) is 3. The van der Waals surface area contributed by atoms with Gasteiger partial charge in [0.15, 0.2) is 5.65 Å². The van der Waals surface area contributed by atoms with Gasteiger partial charge in [0, 0.05) is 6.07 Å². The Balaban J connectivity index is 2.61. The summed E-state index contributed by atoms with van der Waals surface area (Å²) < 4.78 is 14.9. The fourth-order valence-corrected chi connectivity index (χ4v) is 1.67. The molecule has 0 saturated carbocycles. The van der Waals surface area contributed by atoms with Gasteiger partial charge in [-0.2, -0.15) is 0 Å². The molecule has 0 aliphatic heterocycles. The van der Waals surface area contributed by atoms with E-state index >= 15 is 0 Å². The zero-order chi connectivity index (χ0) is 10.4. The highest BCUT2D eigenvalue weighted by Crippen LogP contribution is 2.15. The molecule has 0 saturated heterocycles. The summed E-state index contributed by atoms with van der Waals surface area (Å²) in [5.74, 6) is 0.438. The molecule has 5 heteroatoms. The maximum absolute atomic E-state index is 13.1. The molecule has 0 spiro atoms. The zero-order valence-electron chi connectivity index (χ0n) is 7.98. The lowest BCUT2D eigenvalue weighted by atomic mass is 10.3. The van der Waals surface area contributed by atoms with Gasteiger partial charge >= 0.3 is 0 Å². The topological polar surface area (TPSA) is 43.1 Å². The number of nitrogens with zero attached hydrogens (tertiary/aromatic N) is 4. The van der Waals surface area contributed by atoms with Crippen LogP contribution >= 0.6 is 0 Å². The molecule has 2 aromatic heterocycles. The van der Waals surface area contributed by atoms with E-state index in [4.69, 9.17) is 0 Å². The number of benzene rings is 1. The van der Waals surface area contributed by atoms with E-state index in [0.717, 1.165) is 11.3 Å². The van der Waals surface area contributed by atoms with Gasteiger partial charge in [-0.15, -0.1) is 10.2 Å². The van der Waals surface area contributed by atoms with Crippen LogP contribution in [0.4, 0.5) is 4.39 Å². The van der Waals surface area contributed by atoms with E-state index in [9.17, 15) is 4.39 Å². The van der Waals surface area contributed by atoms with Crippen molar-refractivity contribution in [3.63, 3.8) is 0 Å². The molecular weight excluding hydrogens is 195 g/mol. The highest BCUT2D eigenvalue weighted by Gasteiger charge is 2.06. The molecule has 3 aromatic rings. The van der Waals surface area contributed by atoms with E-state index in [0.29, 0.717) is 11.2 Å². The lowest BCUT2D eigenvalue weighted by Gasteiger charge is -2.01. The Hall–Kier alpha value is -2.04. The van der Waals surface area contributed by atoms with E-state index < -0.39 is 0 Å². The summed E-state index contributed by atoms with van der Waals surface area (Å²) in [4.78, 5) is 4.17. The van der Waals surface area contributed by atoms with Crippen molar-refractivity contribution in [3.8, 4) is 0 Å². The fraction of sp³-hybridized carbons (Fsp3) is 0.100. The van der Waals surface area contributed by atoms with Gasteiger partial charge in [0.05, 0.1) is 17.2 Å². The molecule has 0 amide bonds. The van der Waals surface area contributed by atoms with Gasteiger partial charge < -0.3 is 0 Å². The first-order valence-corrected chi connectivity index (χ1v) is 4.52. The van der Waals surface area contributed by atoms with Crippen molar-refractivity contribution in [2.75, 3.05) is 0 Å². The standard InChI is InChI=1S/C10H7FN4/c1-6-13-14-10-5-12-8-3-2-7(11)4-9(8)15(6)10/h2-5H,1H3. The molecule has 15 heavy (non-hydrogen) atoms. The first kappa shape index (κ1) is 8.28. The largest absolute Gasteiger partial charge is 0.276 e. The van der Waals surface area contributed by atoms with Crippen LogP contribution in [0.1, 0.15) is 5.82 Å². The second-order valence-electron chi connectivity index (χ2n) is 3.33. The average molecular weight is 202 g/mol. The third-order valence-electron chi connectivity index (χ3n) is 2.35. The lowest BCUT2D eigenvalue weighted by molar-refractivity contribution is 0.629. The number of aryl methyl sites for hydroxylation is 1. The predicted molar refractivity (Wildman–Crippen MR) is 53.0 cm³/mol. The molecular formula is C10H7FN4. The first-order chi connectivity index (χ1) is 7.25. The van der Waals surface area contributed by atoms with Crippen molar-refractivity contribution >= 4 is 16.7 Å². The third kappa shape index (κ3) is 1.09. The highest BCUT2D eigenvalue weighted by atomic mass is 19.1. The molecule has 0 atom stereocenters.